The molecule has 0 aliphatic heterocycles. The van der Waals surface area contributed by atoms with Gasteiger partial charge in [-0.15, -0.1) is 13.2 Å². The standard InChI is InChI=1S/C13H7F4NO3S/c14-8-1-6-11(18(19)20)12(7-8)22-10-4-2-9(3-5-10)21-13(15,16)17/h1-7H. The normalized spacial score (nSPS) is 11.3. The van der Waals surface area contributed by atoms with Crippen LogP contribution in [0.25, 0.3) is 0 Å². The average molecular weight is 333 g/mol. The van der Waals surface area contributed by atoms with E-state index in [0.717, 1.165) is 42.1 Å². The van der Waals surface area contributed by atoms with E-state index in [1.54, 1.807) is 0 Å². The Labute approximate surface area is 125 Å². The van der Waals surface area contributed by atoms with E-state index in [2.05, 4.69) is 4.74 Å². The second-order valence-corrected chi connectivity index (χ2v) is 5.11. The third-order valence-electron chi connectivity index (χ3n) is 2.40. The number of halogens is 4. The first-order valence-electron chi connectivity index (χ1n) is 5.72. The Balaban J connectivity index is 2.21. The van der Waals surface area contributed by atoms with Crippen molar-refractivity contribution in [3.63, 3.8) is 0 Å². The molecule has 4 nitrogen and oxygen atoms in total. The van der Waals surface area contributed by atoms with Crippen molar-refractivity contribution in [2.24, 2.45) is 0 Å². The molecule has 0 bridgehead atoms. The van der Waals surface area contributed by atoms with Crippen LogP contribution in [-0.4, -0.2) is 11.3 Å². The zero-order valence-electron chi connectivity index (χ0n) is 10.6. The first-order chi connectivity index (χ1) is 10.2. The van der Waals surface area contributed by atoms with Gasteiger partial charge in [-0.25, -0.2) is 4.39 Å². The zero-order valence-corrected chi connectivity index (χ0v) is 11.5. The molecule has 0 spiro atoms. The molecule has 0 fully saturated rings. The molecule has 2 aromatic rings. The molecule has 2 aromatic carbocycles. The summed E-state index contributed by atoms with van der Waals surface area (Å²) in [4.78, 5) is 10.7. The summed E-state index contributed by atoms with van der Waals surface area (Å²) < 4.78 is 53.0. The lowest BCUT2D eigenvalue weighted by molar-refractivity contribution is -0.387. The molecule has 0 amide bonds. The summed E-state index contributed by atoms with van der Waals surface area (Å²) >= 11 is 0.865. The maximum atomic E-state index is 13.2. The van der Waals surface area contributed by atoms with Gasteiger partial charge < -0.3 is 4.74 Å². The third kappa shape index (κ3) is 4.35. The maximum Gasteiger partial charge on any atom is 0.573 e. The van der Waals surface area contributed by atoms with Crippen LogP contribution in [0, 0.1) is 15.9 Å². The fourth-order valence-corrected chi connectivity index (χ4v) is 2.50. The smallest absolute Gasteiger partial charge is 0.406 e. The molecular weight excluding hydrogens is 326 g/mol. The zero-order chi connectivity index (χ0) is 16.3. The lowest BCUT2D eigenvalue weighted by Crippen LogP contribution is -2.16. The molecule has 0 saturated carbocycles. The van der Waals surface area contributed by atoms with E-state index in [4.69, 9.17) is 0 Å². The molecule has 2 rings (SSSR count). The van der Waals surface area contributed by atoms with Crippen molar-refractivity contribution in [3.8, 4) is 5.75 Å². The van der Waals surface area contributed by atoms with Crippen molar-refractivity contribution in [3.05, 3.63) is 58.4 Å². The van der Waals surface area contributed by atoms with Crippen molar-refractivity contribution < 1.29 is 27.2 Å². The summed E-state index contributed by atoms with van der Waals surface area (Å²) in [6.07, 6.45) is -4.80. The van der Waals surface area contributed by atoms with Crippen molar-refractivity contribution in [2.45, 2.75) is 16.2 Å². The number of nitro groups is 1. The van der Waals surface area contributed by atoms with E-state index in [1.807, 2.05) is 0 Å². The summed E-state index contributed by atoms with van der Waals surface area (Å²) in [6, 6.07) is 7.70. The van der Waals surface area contributed by atoms with Crippen LogP contribution in [-0.2, 0) is 0 Å². The van der Waals surface area contributed by atoms with Crippen LogP contribution in [0.15, 0.2) is 52.3 Å². The number of rotatable bonds is 4. The molecule has 0 N–H and O–H groups in total. The number of alkyl halides is 3. The number of nitro benzene ring substituents is 1. The first-order valence-corrected chi connectivity index (χ1v) is 6.54. The fourth-order valence-electron chi connectivity index (χ4n) is 1.56. The summed E-state index contributed by atoms with van der Waals surface area (Å²) in [5.74, 6) is -1.06. The summed E-state index contributed by atoms with van der Waals surface area (Å²) in [6.45, 7) is 0. The molecule has 0 aliphatic rings. The molecule has 22 heavy (non-hydrogen) atoms. The van der Waals surface area contributed by atoms with E-state index in [1.165, 1.54) is 12.1 Å². The molecule has 0 heterocycles. The molecule has 0 atom stereocenters. The van der Waals surface area contributed by atoms with Gasteiger partial charge in [0.05, 0.1) is 9.82 Å². The number of hydrogen-bond acceptors (Lipinski definition) is 4. The first kappa shape index (κ1) is 16.1. The highest BCUT2D eigenvalue weighted by Gasteiger charge is 2.31. The van der Waals surface area contributed by atoms with Gasteiger partial charge in [-0.05, 0) is 36.4 Å². The van der Waals surface area contributed by atoms with Gasteiger partial charge in [0.25, 0.3) is 5.69 Å². The highest BCUT2D eigenvalue weighted by Crippen LogP contribution is 2.36. The minimum atomic E-state index is -4.80. The van der Waals surface area contributed by atoms with Gasteiger partial charge in [-0.1, -0.05) is 11.8 Å². The van der Waals surface area contributed by atoms with Crippen LogP contribution < -0.4 is 4.74 Å². The Morgan fingerprint density at radius 2 is 1.73 bits per heavy atom. The topological polar surface area (TPSA) is 52.4 Å². The average Bonchev–Trinajstić information content (AvgIpc) is 2.39. The summed E-state index contributed by atoms with van der Waals surface area (Å²) in [5, 5.41) is 10.9. The quantitative estimate of drug-likeness (QED) is 0.459. The van der Waals surface area contributed by atoms with E-state index in [9.17, 15) is 27.7 Å². The third-order valence-corrected chi connectivity index (χ3v) is 3.46. The number of benzene rings is 2. The van der Waals surface area contributed by atoms with Crippen molar-refractivity contribution in [1.29, 1.82) is 0 Å². The van der Waals surface area contributed by atoms with Crippen LogP contribution in [0.2, 0.25) is 0 Å². The van der Waals surface area contributed by atoms with E-state index >= 15 is 0 Å². The van der Waals surface area contributed by atoms with Crippen LogP contribution in [0.4, 0.5) is 23.2 Å². The predicted octanol–water partition coefficient (Wildman–Crippen LogP) is 4.78. The van der Waals surface area contributed by atoms with Crippen molar-refractivity contribution >= 4 is 17.4 Å². The monoisotopic (exact) mass is 333 g/mol. The van der Waals surface area contributed by atoms with Gasteiger partial charge in [-0.2, -0.15) is 0 Å². The number of ether oxygens (including phenoxy) is 1. The van der Waals surface area contributed by atoms with E-state index < -0.39 is 22.9 Å². The number of hydrogen-bond donors (Lipinski definition) is 0. The molecule has 0 unspecified atom stereocenters. The second kappa shape index (κ2) is 6.22. The van der Waals surface area contributed by atoms with Gasteiger partial charge in [0.1, 0.15) is 11.6 Å². The fraction of sp³-hybridized carbons (Fsp3) is 0.0769. The molecule has 9 heteroatoms. The largest absolute Gasteiger partial charge is 0.573 e. The van der Waals surface area contributed by atoms with Crippen molar-refractivity contribution in [1.82, 2.24) is 0 Å². The number of nitrogens with zero attached hydrogens (tertiary/aromatic N) is 1. The SMILES string of the molecule is O=[N+]([O-])c1ccc(F)cc1Sc1ccc(OC(F)(F)F)cc1. The molecule has 0 saturated heterocycles. The van der Waals surface area contributed by atoms with Gasteiger partial charge in [0.15, 0.2) is 0 Å². The van der Waals surface area contributed by atoms with Crippen LogP contribution in [0.1, 0.15) is 0 Å². The lowest BCUT2D eigenvalue weighted by atomic mass is 10.3. The van der Waals surface area contributed by atoms with E-state index in [-0.39, 0.29) is 10.6 Å². The highest BCUT2D eigenvalue weighted by molar-refractivity contribution is 7.99. The van der Waals surface area contributed by atoms with Crippen molar-refractivity contribution in [2.75, 3.05) is 0 Å². The Bertz CT molecular complexity index is 689. The Morgan fingerprint density at radius 3 is 2.27 bits per heavy atom. The minimum absolute atomic E-state index is 0.0505. The summed E-state index contributed by atoms with van der Waals surface area (Å²) in [7, 11) is 0. The Kier molecular flexibility index (Phi) is 4.55. The second-order valence-electron chi connectivity index (χ2n) is 3.99. The molecule has 0 aromatic heterocycles. The van der Waals surface area contributed by atoms with Crippen LogP contribution in [0.3, 0.4) is 0 Å². The molecule has 0 aliphatic carbocycles. The van der Waals surface area contributed by atoms with Gasteiger partial charge in [-0.3, -0.25) is 10.1 Å². The van der Waals surface area contributed by atoms with Gasteiger partial charge in [0, 0.05) is 11.0 Å². The minimum Gasteiger partial charge on any atom is -0.406 e. The van der Waals surface area contributed by atoms with Crippen LogP contribution >= 0.6 is 11.8 Å². The summed E-state index contributed by atoms with van der Waals surface area (Å²) in [5.41, 5.74) is -0.290. The van der Waals surface area contributed by atoms with Gasteiger partial charge >= 0.3 is 6.36 Å². The maximum absolute atomic E-state index is 13.2. The predicted molar refractivity (Wildman–Crippen MR) is 70.3 cm³/mol. The molecular formula is C13H7F4NO3S. The Hall–Kier alpha value is -2.29. The van der Waals surface area contributed by atoms with Crippen LogP contribution in [0.5, 0.6) is 5.75 Å². The highest BCUT2D eigenvalue weighted by atomic mass is 32.2. The Morgan fingerprint density at radius 1 is 1.09 bits per heavy atom. The molecule has 0 radical (unpaired) electrons. The molecule has 116 valence electrons. The lowest BCUT2D eigenvalue weighted by Gasteiger charge is -2.09. The van der Waals surface area contributed by atoms with Gasteiger partial charge in [0.2, 0.25) is 0 Å². The van der Waals surface area contributed by atoms with E-state index in [0.29, 0.717) is 4.90 Å².